The summed E-state index contributed by atoms with van der Waals surface area (Å²) in [6.07, 6.45) is 1.41. The van der Waals surface area contributed by atoms with Crippen molar-refractivity contribution in [1.29, 1.82) is 0 Å². The lowest BCUT2D eigenvalue weighted by Gasteiger charge is -2.26. The third kappa shape index (κ3) is 3.68. The number of nitrogens with zero attached hydrogens (tertiary/aromatic N) is 1. The minimum absolute atomic E-state index is 0.0811. The van der Waals surface area contributed by atoms with Gasteiger partial charge in [0.25, 0.3) is 5.91 Å². The highest BCUT2D eigenvalue weighted by Gasteiger charge is 2.32. The lowest BCUT2D eigenvalue weighted by molar-refractivity contribution is -0.134. The number of carbonyl (C=O) groups excluding carboxylic acids is 1. The van der Waals surface area contributed by atoms with E-state index in [0.717, 1.165) is 12.0 Å². The van der Waals surface area contributed by atoms with E-state index in [0.29, 0.717) is 37.7 Å². The number of ether oxygens (including phenoxy) is 3. The third-order valence-corrected chi connectivity index (χ3v) is 4.94. The molecule has 9 heteroatoms. The number of amides is 1. The van der Waals surface area contributed by atoms with E-state index < -0.39 is 41.5 Å². The van der Waals surface area contributed by atoms with Gasteiger partial charge in [-0.3, -0.25) is 4.79 Å². The number of rotatable bonds is 4. The van der Waals surface area contributed by atoms with Crippen LogP contribution in [0.3, 0.4) is 0 Å². The van der Waals surface area contributed by atoms with Crippen molar-refractivity contribution in [3.8, 4) is 17.2 Å². The van der Waals surface area contributed by atoms with Gasteiger partial charge >= 0.3 is 0 Å². The second-order valence-corrected chi connectivity index (χ2v) is 6.73. The molecule has 0 spiro atoms. The Morgan fingerprint density at radius 1 is 1.03 bits per heavy atom. The molecule has 0 aliphatic carbocycles. The molecule has 154 valence electrons. The Labute approximate surface area is 163 Å². The molecule has 0 radical (unpaired) electrons. The smallest absolute Gasteiger partial charge is 0.261 e. The second kappa shape index (κ2) is 7.81. The zero-order chi connectivity index (χ0) is 20.5. The van der Waals surface area contributed by atoms with Gasteiger partial charge < -0.3 is 19.1 Å². The predicted octanol–water partition coefficient (Wildman–Crippen LogP) is 3.76. The molecular weight excluding hydrogens is 394 g/mol. The van der Waals surface area contributed by atoms with Crippen LogP contribution < -0.4 is 14.2 Å². The van der Waals surface area contributed by atoms with Gasteiger partial charge in [-0.15, -0.1) is 0 Å². The zero-order valence-corrected chi connectivity index (χ0v) is 15.2. The van der Waals surface area contributed by atoms with Crippen LogP contribution >= 0.6 is 0 Å². The highest BCUT2D eigenvalue weighted by atomic mass is 19.2. The van der Waals surface area contributed by atoms with Crippen LogP contribution in [0, 0.1) is 23.3 Å². The predicted molar refractivity (Wildman–Crippen MR) is 92.9 cm³/mol. The fourth-order valence-electron chi connectivity index (χ4n) is 3.57. The van der Waals surface area contributed by atoms with E-state index in [4.69, 9.17) is 14.2 Å². The van der Waals surface area contributed by atoms with Crippen LogP contribution in [0.1, 0.15) is 24.4 Å². The molecule has 0 N–H and O–H groups in total. The van der Waals surface area contributed by atoms with Gasteiger partial charge in [0.2, 0.25) is 11.6 Å². The molecule has 1 amide bonds. The molecule has 1 fully saturated rings. The molecule has 2 heterocycles. The first-order valence-electron chi connectivity index (χ1n) is 9.10. The summed E-state index contributed by atoms with van der Waals surface area (Å²) >= 11 is 0. The molecule has 29 heavy (non-hydrogen) atoms. The molecule has 2 aliphatic heterocycles. The summed E-state index contributed by atoms with van der Waals surface area (Å²) in [5.41, 5.74) is 0.828. The van der Waals surface area contributed by atoms with E-state index in [1.807, 2.05) is 6.07 Å². The van der Waals surface area contributed by atoms with Gasteiger partial charge in [0.1, 0.15) is 13.2 Å². The Morgan fingerprint density at radius 2 is 1.72 bits per heavy atom. The van der Waals surface area contributed by atoms with Crippen molar-refractivity contribution >= 4 is 5.91 Å². The van der Waals surface area contributed by atoms with E-state index in [-0.39, 0.29) is 12.1 Å². The van der Waals surface area contributed by atoms with E-state index in [9.17, 15) is 22.4 Å². The fraction of sp³-hybridized carbons (Fsp3) is 0.350. The summed E-state index contributed by atoms with van der Waals surface area (Å²) in [5, 5.41) is 0. The van der Waals surface area contributed by atoms with Gasteiger partial charge in [-0.25, -0.2) is 8.78 Å². The molecule has 4 rings (SSSR count). The molecule has 1 saturated heterocycles. The minimum Gasteiger partial charge on any atom is -0.486 e. The quantitative estimate of drug-likeness (QED) is 0.568. The maximum absolute atomic E-state index is 13.7. The highest BCUT2D eigenvalue weighted by molar-refractivity contribution is 5.78. The SMILES string of the molecule is O=C(COc1c(F)c(F)cc(F)c1F)N1CCCC1c1ccc2c(c1)OCCO2. The Hall–Kier alpha value is -2.97. The number of benzene rings is 2. The van der Waals surface area contributed by atoms with Crippen LogP contribution in [-0.2, 0) is 4.79 Å². The van der Waals surface area contributed by atoms with Gasteiger partial charge in [0.15, 0.2) is 35.5 Å². The van der Waals surface area contributed by atoms with Crippen molar-refractivity contribution < 1.29 is 36.6 Å². The van der Waals surface area contributed by atoms with Crippen LogP contribution in [0.4, 0.5) is 17.6 Å². The van der Waals surface area contributed by atoms with Gasteiger partial charge in [0, 0.05) is 12.6 Å². The number of hydrogen-bond donors (Lipinski definition) is 0. The topological polar surface area (TPSA) is 48.0 Å². The van der Waals surface area contributed by atoms with Crippen LogP contribution in [0.2, 0.25) is 0 Å². The number of likely N-dealkylation sites (tertiary alicyclic amines) is 1. The first kappa shape index (κ1) is 19.4. The lowest BCUT2D eigenvalue weighted by atomic mass is 10.0. The van der Waals surface area contributed by atoms with Crippen molar-refractivity contribution in [3.63, 3.8) is 0 Å². The first-order chi connectivity index (χ1) is 14.0. The van der Waals surface area contributed by atoms with E-state index in [1.54, 1.807) is 12.1 Å². The Morgan fingerprint density at radius 3 is 2.45 bits per heavy atom. The molecule has 5 nitrogen and oxygen atoms in total. The Bertz CT molecular complexity index is 926. The first-order valence-corrected chi connectivity index (χ1v) is 9.10. The average molecular weight is 411 g/mol. The van der Waals surface area contributed by atoms with Crippen LogP contribution in [-0.4, -0.2) is 37.2 Å². The van der Waals surface area contributed by atoms with Crippen molar-refractivity contribution in [2.24, 2.45) is 0 Å². The molecule has 0 bridgehead atoms. The molecule has 1 atom stereocenters. The standard InChI is InChI=1S/C20H17F4NO4/c21-12-9-13(22)19(24)20(18(12)23)29-10-17(26)25-5-1-2-14(25)11-3-4-15-16(8-11)28-7-6-27-15/h3-4,8-9,14H,1-2,5-7,10H2. The molecular formula is C20H17F4NO4. The van der Waals surface area contributed by atoms with Gasteiger partial charge in [-0.1, -0.05) is 6.07 Å². The normalized spacial score (nSPS) is 18.1. The van der Waals surface area contributed by atoms with Crippen LogP contribution in [0.5, 0.6) is 17.2 Å². The van der Waals surface area contributed by atoms with Crippen molar-refractivity contribution in [2.75, 3.05) is 26.4 Å². The number of halogens is 4. The number of hydrogen-bond acceptors (Lipinski definition) is 4. The van der Waals surface area contributed by atoms with Gasteiger partial charge in [0.05, 0.1) is 6.04 Å². The molecule has 1 unspecified atom stereocenters. The third-order valence-electron chi connectivity index (χ3n) is 4.94. The molecule has 0 saturated carbocycles. The summed E-state index contributed by atoms with van der Waals surface area (Å²) in [7, 11) is 0. The maximum Gasteiger partial charge on any atom is 0.261 e. The van der Waals surface area contributed by atoms with Gasteiger partial charge in [-0.05, 0) is 30.5 Å². The second-order valence-electron chi connectivity index (χ2n) is 6.73. The molecule has 2 aliphatic rings. The summed E-state index contributed by atoms with van der Waals surface area (Å²) in [5.74, 6) is -7.13. The number of carbonyl (C=O) groups is 1. The molecule has 2 aromatic carbocycles. The Balaban J connectivity index is 1.49. The average Bonchev–Trinajstić information content (AvgIpc) is 3.22. The van der Waals surface area contributed by atoms with Crippen LogP contribution in [0.15, 0.2) is 24.3 Å². The number of fused-ring (bicyclic) bond motifs is 1. The van der Waals surface area contributed by atoms with Crippen molar-refractivity contribution in [3.05, 3.63) is 53.1 Å². The lowest BCUT2D eigenvalue weighted by Crippen LogP contribution is -2.34. The maximum atomic E-state index is 13.7. The van der Waals surface area contributed by atoms with E-state index in [2.05, 4.69) is 0 Å². The Kier molecular flexibility index (Phi) is 5.21. The monoisotopic (exact) mass is 411 g/mol. The summed E-state index contributed by atoms with van der Waals surface area (Å²) in [6, 6.07) is 5.19. The van der Waals surface area contributed by atoms with Crippen molar-refractivity contribution in [2.45, 2.75) is 18.9 Å². The van der Waals surface area contributed by atoms with E-state index in [1.165, 1.54) is 4.90 Å². The summed E-state index contributed by atoms with van der Waals surface area (Å²) in [6.45, 7) is 0.562. The van der Waals surface area contributed by atoms with E-state index >= 15 is 0 Å². The minimum atomic E-state index is -1.68. The molecule has 0 aromatic heterocycles. The highest BCUT2D eigenvalue weighted by Crippen LogP contribution is 2.38. The van der Waals surface area contributed by atoms with Crippen LogP contribution in [0.25, 0.3) is 0 Å². The van der Waals surface area contributed by atoms with Gasteiger partial charge in [-0.2, -0.15) is 8.78 Å². The zero-order valence-electron chi connectivity index (χ0n) is 15.2. The fourth-order valence-corrected chi connectivity index (χ4v) is 3.57. The summed E-state index contributed by atoms with van der Waals surface area (Å²) < 4.78 is 69.9. The van der Waals surface area contributed by atoms with Crippen molar-refractivity contribution in [1.82, 2.24) is 4.90 Å². The largest absolute Gasteiger partial charge is 0.486 e. The summed E-state index contributed by atoms with van der Waals surface area (Å²) in [4.78, 5) is 14.1. The molecule has 2 aromatic rings.